The molecule has 0 amide bonds. The first-order chi connectivity index (χ1) is 2.83. The minimum absolute atomic E-state index is 0. The van der Waals surface area contributed by atoms with Gasteiger partial charge in [-0.05, 0) is 0 Å². The molecule has 0 radical (unpaired) electrons. The largest absolute Gasteiger partial charge is 2.00 e. The van der Waals surface area contributed by atoms with E-state index in [1.165, 1.54) is 0 Å². The molecule has 0 atom stereocenters. The molecule has 0 heterocycles. The Balaban J connectivity index is -0.0000000400. The Bertz CT molecular complexity index is 11.7. The maximum atomic E-state index is 8.24. The van der Waals surface area contributed by atoms with Crippen molar-refractivity contribution in [1.82, 2.24) is 0 Å². The van der Waals surface area contributed by atoms with Gasteiger partial charge in [-0.3, -0.25) is 0 Å². The van der Waals surface area contributed by atoms with Gasteiger partial charge in [0.2, 0.25) is 0 Å². The fourth-order valence-corrected chi connectivity index (χ4v) is 0. The molecule has 42 valence electrons. The van der Waals surface area contributed by atoms with E-state index in [1.54, 1.807) is 0 Å². The van der Waals surface area contributed by atoms with Crippen LogP contribution in [0.1, 0.15) is 0 Å². The molecule has 0 spiro atoms. The molecule has 0 rings (SSSR count). The second-order valence-corrected chi connectivity index (χ2v) is 0.378. The molecule has 0 aliphatic heterocycles. The number of halogens is 2. The van der Waals surface area contributed by atoms with E-state index in [0.29, 0.717) is 0 Å². The minimum atomic E-state index is -0.417. The average Bonchev–Trinajstić information content (AvgIpc) is 1.39. The Morgan fingerprint density at radius 1 is 0.714 bits per heavy atom. The van der Waals surface area contributed by atoms with Gasteiger partial charge in [0.15, 0.2) is 0 Å². The maximum absolute atomic E-state index is 8.24. The Morgan fingerprint density at radius 3 is 0.714 bits per heavy atom. The van der Waals surface area contributed by atoms with E-state index >= 15 is 0 Å². The molecule has 0 aromatic rings. The zero-order chi connectivity index (χ0) is 5.41. The quantitative estimate of drug-likeness (QED) is 0.414. The zero-order valence-electron chi connectivity index (χ0n) is 2.89. The summed E-state index contributed by atoms with van der Waals surface area (Å²) in [6.45, 7) is 0. The fraction of sp³-hybridized carbons (Fsp3) is 0. The predicted octanol–water partition coefficient (Wildman–Crippen LogP) is -4.76. The molecule has 0 bridgehead atoms. The van der Waals surface area contributed by atoms with Crippen molar-refractivity contribution < 1.29 is 67.5 Å². The van der Waals surface area contributed by atoms with Crippen molar-refractivity contribution in [3.8, 4) is 0 Å². The Morgan fingerprint density at radius 2 is 0.714 bits per heavy atom. The smallest absolute Gasteiger partial charge is 0.544 e. The van der Waals surface area contributed by atoms with Crippen LogP contribution in [0.15, 0.2) is 0 Å². The van der Waals surface area contributed by atoms with Crippen LogP contribution in [0.2, 0.25) is 0 Å². The molecule has 4 nitrogen and oxygen atoms in total. The summed E-state index contributed by atoms with van der Waals surface area (Å²) < 4.78 is 32.9. The van der Waals surface area contributed by atoms with Crippen LogP contribution in [0.3, 0.4) is 0 Å². The topological polar surface area (TPSA) is 92.2 Å². The SMILES string of the molecule is [O-][Cl+][O-].[O-][Cl+][O-].[Zr+2]. The van der Waals surface area contributed by atoms with Crippen molar-refractivity contribution in [1.29, 1.82) is 0 Å². The molecule has 0 saturated heterocycles. The van der Waals surface area contributed by atoms with Gasteiger partial charge >= 0.3 is 26.2 Å². The van der Waals surface area contributed by atoms with E-state index in [1.807, 2.05) is 0 Å². The normalized spacial score (nSPS) is 5.14. The number of hydrogen-bond donors (Lipinski definition) is 0. The van der Waals surface area contributed by atoms with Crippen LogP contribution in [-0.2, 0) is 26.2 Å². The van der Waals surface area contributed by atoms with Gasteiger partial charge in [0.25, 0.3) is 0 Å². The molecule has 0 N–H and O–H groups in total. The molecule has 0 aliphatic carbocycles. The monoisotopic (exact) mass is 224 g/mol. The molecule has 7 heteroatoms. The zero-order valence-corrected chi connectivity index (χ0v) is 6.86. The summed E-state index contributed by atoms with van der Waals surface area (Å²) in [5.74, 6) is 0. The van der Waals surface area contributed by atoms with Crippen LogP contribution in [-0.4, -0.2) is 0 Å². The van der Waals surface area contributed by atoms with Crippen molar-refractivity contribution in [2.45, 2.75) is 0 Å². The third-order valence-corrected chi connectivity index (χ3v) is 0. The van der Waals surface area contributed by atoms with E-state index in [9.17, 15) is 0 Å². The van der Waals surface area contributed by atoms with E-state index in [2.05, 4.69) is 0 Å². The Kier molecular flexibility index (Phi) is 59.8. The van der Waals surface area contributed by atoms with E-state index in [0.717, 1.165) is 0 Å². The molecular weight excluding hydrogens is 226 g/mol. The van der Waals surface area contributed by atoms with Gasteiger partial charge in [-0.2, -0.15) is 0 Å². The fourth-order valence-electron chi connectivity index (χ4n) is 0. The molecule has 7 heavy (non-hydrogen) atoms. The summed E-state index contributed by atoms with van der Waals surface area (Å²) >= 11 is -0.833. The molecular formula is Cl2O4Zr. The van der Waals surface area contributed by atoms with Crippen LogP contribution in [0, 0.1) is 22.7 Å². The summed E-state index contributed by atoms with van der Waals surface area (Å²) in [6.07, 6.45) is 0. The number of hydrogen-bond acceptors (Lipinski definition) is 4. The third kappa shape index (κ3) is 121. The second kappa shape index (κ2) is 26.6. The summed E-state index contributed by atoms with van der Waals surface area (Å²) in [5, 5.41) is 0. The molecule has 0 saturated carbocycles. The van der Waals surface area contributed by atoms with Gasteiger partial charge in [-0.15, -0.1) is 0 Å². The standard InChI is InChI=1S/2ClO2.Zr/c2*2-1-3;/q2*-1;+2. The van der Waals surface area contributed by atoms with Crippen LogP contribution in [0.4, 0.5) is 0 Å². The Hall–Kier alpha value is 1.30. The van der Waals surface area contributed by atoms with E-state index in [-0.39, 0.29) is 26.2 Å². The first-order valence-corrected chi connectivity index (χ1v) is 1.85. The van der Waals surface area contributed by atoms with Crippen molar-refractivity contribution in [3.05, 3.63) is 0 Å². The minimum Gasteiger partial charge on any atom is -0.544 e. The van der Waals surface area contributed by atoms with Crippen LogP contribution in [0.5, 0.6) is 0 Å². The molecule has 0 aromatic carbocycles. The molecule has 0 unspecified atom stereocenters. The first kappa shape index (κ1) is 15.7. The molecule has 0 fully saturated rings. The Labute approximate surface area is 67.4 Å². The molecule has 0 aliphatic rings. The second-order valence-electron chi connectivity index (χ2n) is 0.126. The van der Waals surface area contributed by atoms with Gasteiger partial charge in [-0.25, -0.2) is 0 Å². The van der Waals surface area contributed by atoms with Crippen LogP contribution in [0.25, 0.3) is 0 Å². The maximum Gasteiger partial charge on any atom is 2.00 e. The van der Waals surface area contributed by atoms with Crippen molar-refractivity contribution >= 4 is 0 Å². The van der Waals surface area contributed by atoms with Crippen molar-refractivity contribution in [2.75, 3.05) is 0 Å². The van der Waals surface area contributed by atoms with Crippen LogP contribution < -0.4 is 18.6 Å². The van der Waals surface area contributed by atoms with Gasteiger partial charge in [0.05, 0.1) is 22.7 Å². The summed E-state index contributed by atoms with van der Waals surface area (Å²) in [7, 11) is 0. The average molecular weight is 226 g/mol. The van der Waals surface area contributed by atoms with Gasteiger partial charge in [0.1, 0.15) is 0 Å². The predicted molar refractivity (Wildman–Crippen MR) is 0 cm³/mol. The van der Waals surface area contributed by atoms with E-state index in [4.69, 9.17) is 18.6 Å². The third-order valence-electron chi connectivity index (χ3n) is 0. The van der Waals surface area contributed by atoms with E-state index < -0.39 is 22.7 Å². The van der Waals surface area contributed by atoms with Crippen molar-refractivity contribution in [3.63, 3.8) is 0 Å². The summed E-state index contributed by atoms with van der Waals surface area (Å²) in [6, 6.07) is 0. The van der Waals surface area contributed by atoms with Crippen LogP contribution >= 0.6 is 0 Å². The first-order valence-electron chi connectivity index (χ1n) is 0.617. The summed E-state index contributed by atoms with van der Waals surface area (Å²) in [4.78, 5) is 0. The van der Waals surface area contributed by atoms with Gasteiger partial charge in [0, 0.05) is 0 Å². The van der Waals surface area contributed by atoms with Crippen molar-refractivity contribution in [2.24, 2.45) is 0 Å². The van der Waals surface area contributed by atoms with Gasteiger partial charge in [-0.1, -0.05) is 0 Å². The van der Waals surface area contributed by atoms with Gasteiger partial charge < -0.3 is 18.6 Å². The summed E-state index contributed by atoms with van der Waals surface area (Å²) in [5.41, 5.74) is 0. The number of rotatable bonds is 0. The molecule has 0 aromatic heterocycles.